The van der Waals surface area contributed by atoms with E-state index in [1.54, 1.807) is 13.8 Å². The van der Waals surface area contributed by atoms with Gasteiger partial charge in [0.2, 0.25) is 0 Å². The summed E-state index contributed by atoms with van der Waals surface area (Å²) >= 11 is 4.95. The summed E-state index contributed by atoms with van der Waals surface area (Å²) in [5, 5.41) is 41.7. The van der Waals surface area contributed by atoms with Crippen LogP contribution in [0.4, 0.5) is 0 Å². The number of hydrogen-bond acceptors (Lipinski definition) is 5. The van der Waals surface area contributed by atoms with Gasteiger partial charge < -0.3 is 31.1 Å². The summed E-state index contributed by atoms with van der Waals surface area (Å²) in [7, 11) is 0. The lowest BCUT2D eigenvalue weighted by Gasteiger charge is -2.33. The molecule has 0 radical (unpaired) electrons. The van der Waals surface area contributed by atoms with Gasteiger partial charge in [0.15, 0.2) is 5.11 Å². The molecular formula is C9H20N2O4S. The lowest BCUT2D eigenvalue weighted by atomic mass is 10.0. The molecule has 0 saturated carbocycles. The van der Waals surface area contributed by atoms with Gasteiger partial charge in [-0.3, -0.25) is 0 Å². The Morgan fingerprint density at radius 1 is 0.875 bits per heavy atom. The maximum Gasteiger partial charge on any atom is 0.167 e. The van der Waals surface area contributed by atoms with E-state index in [1.807, 2.05) is 0 Å². The van der Waals surface area contributed by atoms with Crippen molar-refractivity contribution in [2.75, 3.05) is 26.4 Å². The second-order valence-electron chi connectivity index (χ2n) is 4.33. The fraction of sp³-hybridized carbons (Fsp3) is 0.889. The molecular weight excluding hydrogens is 232 g/mol. The standard InChI is InChI=1S/C9H20N2O4S/c1-8(3-12,4-13)10-7(16)11-9(2,5-14)6-15/h12-15H,3-6H2,1-2H3,(H2,10,11,16). The molecule has 0 atom stereocenters. The Balaban J connectivity index is 4.38. The molecule has 6 N–H and O–H groups in total. The van der Waals surface area contributed by atoms with Crippen molar-refractivity contribution in [3.8, 4) is 0 Å². The van der Waals surface area contributed by atoms with Crippen LogP contribution in [0.15, 0.2) is 0 Å². The van der Waals surface area contributed by atoms with E-state index in [4.69, 9.17) is 32.6 Å². The quantitative estimate of drug-likeness (QED) is 0.302. The van der Waals surface area contributed by atoms with Gasteiger partial charge in [0.05, 0.1) is 37.5 Å². The Labute approximate surface area is 100 Å². The lowest BCUT2D eigenvalue weighted by molar-refractivity contribution is 0.108. The van der Waals surface area contributed by atoms with Gasteiger partial charge in [-0.05, 0) is 26.1 Å². The Hall–Kier alpha value is -0.470. The van der Waals surface area contributed by atoms with Crippen molar-refractivity contribution in [2.45, 2.75) is 24.9 Å². The molecule has 0 aromatic rings. The zero-order valence-electron chi connectivity index (χ0n) is 9.53. The summed E-state index contributed by atoms with van der Waals surface area (Å²) in [6.07, 6.45) is 0. The average molecular weight is 252 g/mol. The maximum absolute atomic E-state index is 9.04. The molecule has 96 valence electrons. The SMILES string of the molecule is CC(CO)(CO)NC(=S)NC(C)(CO)CO. The van der Waals surface area contributed by atoms with Crippen LogP contribution in [-0.2, 0) is 0 Å². The third-order valence-corrected chi connectivity index (χ3v) is 2.43. The van der Waals surface area contributed by atoms with Crippen molar-refractivity contribution < 1.29 is 20.4 Å². The molecule has 0 bridgehead atoms. The topological polar surface area (TPSA) is 105 Å². The van der Waals surface area contributed by atoms with Gasteiger partial charge in [0, 0.05) is 0 Å². The van der Waals surface area contributed by atoms with Crippen molar-refractivity contribution in [1.82, 2.24) is 10.6 Å². The number of rotatable bonds is 6. The first-order chi connectivity index (χ1) is 7.34. The normalized spacial score (nSPS) is 12.4. The number of aliphatic hydroxyl groups excluding tert-OH is 4. The minimum atomic E-state index is -0.935. The zero-order valence-corrected chi connectivity index (χ0v) is 10.3. The van der Waals surface area contributed by atoms with Crippen molar-refractivity contribution in [2.24, 2.45) is 0 Å². The maximum atomic E-state index is 9.04. The van der Waals surface area contributed by atoms with Crippen molar-refractivity contribution in [3.63, 3.8) is 0 Å². The molecule has 0 aromatic carbocycles. The number of nitrogens with one attached hydrogen (secondary N) is 2. The van der Waals surface area contributed by atoms with E-state index < -0.39 is 11.1 Å². The molecule has 0 aromatic heterocycles. The predicted molar refractivity (Wildman–Crippen MR) is 64.0 cm³/mol. The van der Waals surface area contributed by atoms with Gasteiger partial charge in [0.25, 0.3) is 0 Å². The molecule has 0 aliphatic heterocycles. The Bertz CT molecular complexity index is 208. The average Bonchev–Trinajstić information content (AvgIpc) is 2.28. The van der Waals surface area contributed by atoms with Crippen LogP contribution >= 0.6 is 12.2 Å². The molecule has 0 fully saturated rings. The predicted octanol–water partition coefficient (Wildman–Crippen LogP) is -2.06. The first kappa shape index (κ1) is 15.5. The van der Waals surface area contributed by atoms with Crippen LogP contribution in [0.25, 0.3) is 0 Å². The van der Waals surface area contributed by atoms with E-state index in [0.717, 1.165) is 0 Å². The first-order valence-corrected chi connectivity index (χ1v) is 5.29. The van der Waals surface area contributed by atoms with Gasteiger partial charge in [-0.25, -0.2) is 0 Å². The van der Waals surface area contributed by atoms with Gasteiger partial charge in [-0.15, -0.1) is 0 Å². The number of thiocarbonyl (C=S) groups is 1. The van der Waals surface area contributed by atoms with E-state index in [0.29, 0.717) is 0 Å². The molecule has 6 nitrogen and oxygen atoms in total. The molecule has 0 heterocycles. The lowest BCUT2D eigenvalue weighted by Crippen LogP contribution is -2.61. The van der Waals surface area contributed by atoms with Crippen LogP contribution in [-0.4, -0.2) is 63.0 Å². The number of hydrogen-bond donors (Lipinski definition) is 6. The molecule has 0 aliphatic carbocycles. The second kappa shape index (κ2) is 6.31. The van der Waals surface area contributed by atoms with Gasteiger partial charge in [0.1, 0.15) is 0 Å². The summed E-state index contributed by atoms with van der Waals surface area (Å²) in [6.45, 7) is 2.02. The fourth-order valence-corrected chi connectivity index (χ4v) is 1.33. The van der Waals surface area contributed by atoms with Crippen LogP contribution < -0.4 is 10.6 Å². The number of aliphatic hydroxyl groups is 4. The van der Waals surface area contributed by atoms with Crippen LogP contribution in [0.1, 0.15) is 13.8 Å². The van der Waals surface area contributed by atoms with Gasteiger partial charge in [-0.2, -0.15) is 0 Å². The summed E-state index contributed by atoms with van der Waals surface area (Å²) in [5.41, 5.74) is -1.87. The molecule has 7 heteroatoms. The molecule has 0 unspecified atom stereocenters. The molecule has 0 rings (SSSR count). The Kier molecular flexibility index (Phi) is 6.13. The minimum Gasteiger partial charge on any atom is -0.394 e. The summed E-state index contributed by atoms with van der Waals surface area (Å²) < 4.78 is 0. The Morgan fingerprint density at radius 3 is 1.31 bits per heavy atom. The highest BCUT2D eigenvalue weighted by molar-refractivity contribution is 7.80. The summed E-state index contributed by atoms with van der Waals surface area (Å²) in [4.78, 5) is 0. The van der Waals surface area contributed by atoms with E-state index >= 15 is 0 Å². The monoisotopic (exact) mass is 252 g/mol. The molecule has 0 amide bonds. The summed E-state index contributed by atoms with van der Waals surface area (Å²) in [6, 6.07) is 0. The van der Waals surface area contributed by atoms with Crippen molar-refractivity contribution in [3.05, 3.63) is 0 Å². The van der Waals surface area contributed by atoms with E-state index in [2.05, 4.69) is 10.6 Å². The van der Waals surface area contributed by atoms with Crippen molar-refractivity contribution in [1.29, 1.82) is 0 Å². The largest absolute Gasteiger partial charge is 0.394 e. The summed E-state index contributed by atoms with van der Waals surface area (Å²) in [5.74, 6) is 0. The minimum absolute atomic E-state index is 0.149. The fourth-order valence-electron chi connectivity index (χ4n) is 0.838. The highest BCUT2D eigenvalue weighted by Crippen LogP contribution is 2.04. The molecule has 0 aliphatic rings. The Morgan fingerprint density at radius 2 is 1.12 bits per heavy atom. The van der Waals surface area contributed by atoms with E-state index in [1.165, 1.54) is 0 Å². The van der Waals surface area contributed by atoms with Crippen LogP contribution in [0.3, 0.4) is 0 Å². The van der Waals surface area contributed by atoms with Crippen LogP contribution in [0.2, 0.25) is 0 Å². The zero-order chi connectivity index (χ0) is 12.8. The van der Waals surface area contributed by atoms with Gasteiger partial charge in [-0.1, -0.05) is 0 Å². The smallest absolute Gasteiger partial charge is 0.167 e. The highest BCUT2D eigenvalue weighted by Gasteiger charge is 2.27. The molecule has 16 heavy (non-hydrogen) atoms. The third kappa shape index (κ3) is 4.58. The third-order valence-electron chi connectivity index (χ3n) is 2.23. The van der Waals surface area contributed by atoms with E-state index in [-0.39, 0.29) is 31.5 Å². The second-order valence-corrected chi connectivity index (χ2v) is 4.74. The van der Waals surface area contributed by atoms with Crippen LogP contribution in [0.5, 0.6) is 0 Å². The molecule has 0 spiro atoms. The van der Waals surface area contributed by atoms with E-state index in [9.17, 15) is 0 Å². The van der Waals surface area contributed by atoms with Crippen LogP contribution in [0, 0.1) is 0 Å². The van der Waals surface area contributed by atoms with Crippen molar-refractivity contribution >= 4 is 17.3 Å². The first-order valence-electron chi connectivity index (χ1n) is 4.88. The highest BCUT2D eigenvalue weighted by atomic mass is 32.1. The van der Waals surface area contributed by atoms with Gasteiger partial charge >= 0.3 is 0 Å². The molecule has 0 saturated heterocycles.